The van der Waals surface area contributed by atoms with E-state index in [9.17, 15) is 9.59 Å². The number of rotatable bonds is 5. The second kappa shape index (κ2) is 6.01. The van der Waals surface area contributed by atoms with Crippen LogP contribution in [0.2, 0.25) is 0 Å². The Morgan fingerprint density at radius 1 is 1.33 bits per heavy atom. The summed E-state index contributed by atoms with van der Waals surface area (Å²) in [7, 11) is 0. The molecule has 0 aromatic carbocycles. The third-order valence-corrected chi connectivity index (χ3v) is 1.90. The molecule has 0 atom stereocenters. The van der Waals surface area contributed by atoms with Crippen molar-refractivity contribution in [3.63, 3.8) is 0 Å². The Hall–Kier alpha value is -1.58. The van der Waals surface area contributed by atoms with Crippen LogP contribution in [0.1, 0.15) is 33.6 Å². The van der Waals surface area contributed by atoms with Crippen LogP contribution in [0.25, 0.3) is 0 Å². The summed E-state index contributed by atoms with van der Waals surface area (Å²) in [6.45, 7) is 4.91. The lowest BCUT2D eigenvalue weighted by Crippen LogP contribution is -2.09. The highest BCUT2D eigenvalue weighted by Crippen LogP contribution is 2.10. The van der Waals surface area contributed by atoms with Crippen LogP contribution in [0.3, 0.4) is 0 Å². The third-order valence-electron chi connectivity index (χ3n) is 1.90. The minimum absolute atomic E-state index is 0.110. The van der Waals surface area contributed by atoms with Crippen LogP contribution in [0, 0.1) is 0 Å². The molecular weight excluding hydrogens is 194 g/mol. The van der Waals surface area contributed by atoms with Gasteiger partial charge in [-0.1, -0.05) is 6.92 Å². The molecule has 0 bridgehead atoms. The van der Waals surface area contributed by atoms with E-state index in [4.69, 9.17) is 10.8 Å². The number of carboxylic acid groups (broad SMARTS) is 1. The van der Waals surface area contributed by atoms with Gasteiger partial charge in [-0.25, -0.2) is 4.79 Å². The molecule has 15 heavy (non-hydrogen) atoms. The smallest absolute Gasteiger partial charge is 0.331 e. The van der Waals surface area contributed by atoms with Gasteiger partial charge in [0.25, 0.3) is 0 Å². The first-order chi connectivity index (χ1) is 6.90. The Bertz CT molecular complexity index is 323. The van der Waals surface area contributed by atoms with E-state index < -0.39 is 5.97 Å². The van der Waals surface area contributed by atoms with Crippen molar-refractivity contribution in [2.45, 2.75) is 33.6 Å². The van der Waals surface area contributed by atoms with Crippen LogP contribution < -0.4 is 5.73 Å². The zero-order valence-electron chi connectivity index (χ0n) is 9.33. The van der Waals surface area contributed by atoms with Crippen molar-refractivity contribution < 1.29 is 14.7 Å². The number of hydrogen-bond donors (Lipinski definition) is 2. The predicted octanol–water partition coefficient (Wildman–Crippen LogP) is 1.62. The largest absolute Gasteiger partial charge is 0.478 e. The fourth-order valence-corrected chi connectivity index (χ4v) is 1.05. The van der Waals surface area contributed by atoms with Gasteiger partial charge in [0.2, 0.25) is 0 Å². The van der Waals surface area contributed by atoms with E-state index in [0.29, 0.717) is 17.7 Å². The summed E-state index contributed by atoms with van der Waals surface area (Å²) in [4.78, 5) is 22.2. The lowest BCUT2D eigenvalue weighted by atomic mass is 10.0. The molecule has 0 aromatic heterocycles. The van der Waals surface area contributed by atoms with Gasteiger partial charge in [-0.3, -0.25) is 4.79 Å². The Morgan fingerprint density at radius 2 is 1.87 bits per heavy atom. The molecule has 0 radical (unpaired) electrons. The van der Waals surface area contributed by atoms with Crippen molar-refractivity contribution in [3.8, 4) is 0 Å². The Morgan fingerprint density at radius 3 is 2.20 bits per heavy atom. The first kappa shape index (κ1) is 13.4. The fourth-order valence-electron chi connectivity index (χ4n) is 1.05. The average Bonchev–Trinajstić information content (AvgIpc) is 2.13. The standard InChI is InChI=1S/C11H17NO3/c1-4-5-10(13)9(8(3)12)6-7(2)11(14)15/h6H,4-5,12H2,1-3H3,(H,14,15). The summed E-state index contributed by atoms with van der Waals surface area (Å²) in [5, 5.41) is 8.68. The molecule has 4 heteroatoms. The van der Waals surface area contributed by atoms with Crippen molar-refractivity contribution in [1.82, 2.24) is 0 Å². The molecule has 0 aliphatic rings. The van der Waals surface area contributed by atoms with Gasteiger partial charge in [0, 0.05) is 23.3 Å². The first-order valence-corrected chi connectivity index (χ1v) is 4.81. The second-order valence-corrected chi connectivity index (χ2v) is 3.40. The number of ketones is 1. The van der Waals surface area contributed by atoms with Gasteiger partial charge in [0.05, 0.1) is 0 Å². The van der Waals surface area contributed by atoms with Gasteiger partial charge in [-0.15, -0.1) is 0 Å². The average molecular weight is 211 g/mol. The maximum absolute atomic E-state index is 11.6. The van der Waals surface area contributed by atoms with Gasteiger partial charge in [-0.05, 0) is 26.3 Å². The van der Waals surface area contributed by atoms with Crippen molar-refractivity contribution in [2.75, 3.05) is 0 Å². The highest BCUT2D eigenvalue weighted by molar-refractivity contribution is 6.00. The van der Waals surface area contributed by atoms with Crippen molar-refractivity contribution >= 4 is 11.8 Å². The van der Waals surface area contributed by atoms with Crippen LogP contribution in [-0.2, 0) is 9.59 Å². The highest BCUT2D eigenvalue weighted by atomic mass is 16.4. The summed E-state index contributed by atoms with van der Waals surface area (Å²) in [6.07, 6.45) is 2.43. The summed E-state index contributed by atoms with van der Waals surface area (Å²) >= 11 is 0. The van der Waals surface area contributed by atoms with Crippen molar-refractivity contribution in [2.24, 2.45) is 5.73 Å². The van der Waals surface area contributed by atoms with Crippen LogP contribution >= 0.6 is 0 Å². The number of Topliss-reactive ketones (excluding diaryl/α,β-unsaturated/α-hetero) is 1. The van der Waals surface area contributed by atoms with Crippen LogP contribution in [0.4, 0.5) is 0 Å². The molecule has 0 aliphatic heterocycles. The number of carbonyl (C=O) groups is 2. The molecule has 0 fully saturated rings. The van der Waals surface area contributed by atoms with Crippen LogP contribution in [0.15, 0.2) is 22.9 Å². The number of carboxylic acids is 1. The second-order valence-electron chi connectivity index (χ2n) is 3.40. The monoisotopic (exact) mass is 211 g/mol. The molecule has 3 N–H and O–H groups in total. The van der Waals surface area contributed by atoms with Gasteiger partial charge in [0.1, 0.15) is 0 Å². The molecule has 4 nitrogen and oxygen atoms in total. The van der Waals surface area contributed by atoms with Crippen LogP contribution in [-0.4, -0.2) is 16.9 Å². The topological polar surface area (TPSA) is 80.4 Å². The molecule has 0 saturated heterocycles. The zero-order valence-corrected chi connectivity index (χ0v) is 9.33. The molecule has 84 valence electrons. The Balaban J connectivity index is 5.04. The SMILES string of the molecule is CCCC(=O)C(C=C(C)C(=O)O)=C(C)N. The number of aliphatic carboxylic acids is 1. The van der Waals surface area contributed by atoms with E-state index in [-0.39, 0.29) is 11.4 Å². The normalized spacial score (nSPS) is 13.4. The van der Waals surface area contributed by atoms with E-state index in [0.717, 1.165) is 6.42 Å². The van der Waals surface area contributed by atoms with E-state index in [1.807, 2.05) is 6.92 Å². The fraction of sp³-hybridized carbons (Fsp3) is 0.455. The number of allylic oxidation sites excluding steroid dienone is 3. The lowest BCUT2D eigenvalue weighted by Gasteiger charge is -2.04. The lowest BCUT2D eigenvalue weighted by molar-refractivity contribution is -0.132. The summed E-state index contributed by atoms with van der Waals surface area (Å²) in [5.74, 6) is -1.16. The minimum Gasteiger partial charge on any atom is -0.478 e. The first-order valence-electron chi connectivity index (χ1n) is 4.81. The van der Waals surface area contributed by atoms with Crippen molar-refractivity contribution in [1.29, 1.82) is 0 Å². The van der Waals surface area contributed by atoms with Gasteiger partial charge >= 0.3 is 5.97 Å². The van der Waals surface area contributed by atoms with E-state index >= 15 is 0 Å². The van der Waals surface area contributed by atoms with Crippen LogP contribution in [0.5, 0.6) is 0 Å². The molecule has 0 rings (SSSR count). The maximum Gasteiger partial charge on any atom is 0.331 e. The molecule has 0 aromatic rings. The summed E-state index contributed by atoms with van der Waals surface area (Å²) in [5.41, 5.74) is 6.31. The van der Waals surface area contributed by atoms with Gasteiger partial charge in [0.15, 0.2) is 5.78 Å². The summed E-state index contributed by atoms with van der Waals surface area (Å²) in [6, 6.07) is 0. The predicted molar refractivity (Wildman–Crippen MR) is 58.2 cm³/mol. The number of hydrogen-bond acceptors (Lipinski definition) is 3. The van der Waals surface area contributed by atoms with E-state index in [1.54, 1.807) is 6.92 Å². The minimum atomic E-state index is -1.04. The summed E-state index contributed by atoms with van der Waals surface area (Å²) < 4.78 is 0. The molecule has 0 unspecified atom stereocenters. The molecule has 0 aliphatic carbocycles. The highest BCUT2D eigenvalue weighted by Gasteiger charge is 2.10. The number of carbonyl (C=O) groups excluding carboxylic acids is 1. The van der Waals surface area contributed by atoms with Gasteiger partial charge < -0.3 is 10.8 Å². The maximum atomic E-state index is 11.6. The molecule has 0 saturated carbocycles. The van der Waals surface area contributed by atoms with Crippen molar-refractivity contribution in [3.05, 3.63) is 22.9 Å². The molecule has 0 spiro atoms. The molecular formula is C11H17NO3. The molecule has 0 heterocycles. The molecule has 0 amide bonds. The van der Waals surface area contributed by atoms with E-state index in [2.05, 4.69) is 0 Å². The van der Waals surface area contributed by atoms with Gasteiger partial charge in [-0.2, -0.15) is 0 Å². The number of nitrogens with two attached hydrogens (primary N) is 1. The zero-order chi connectivity index (χ0) is 12.0. The quantitative estimate of drug-likeness (QED) is 0.535. The Labute approximate surface area is 89.5 Å². The van der Waals surface area contributed by atoms with E-state index in [1.165, 1.54) is 13.0 Å². The Kier molecular flexibility index (Phi) is 5.37. The third kappa shape index (κ3) is 4.44.